The van der Waals surface area contributed by atoms with Gasteiger partial charge < -0.3 is 9.84 Å². The molecule has 0 saturated heterocycles. The molecule has 1 aliphatic heterocycles. The summed E-state index contributed by atoms with van der Waals surface area (Å²) in [6.45, 7) is 1.43. The number of aryl methyl sites for hydroxylation is 1. The van der Waals surface area contributed by atoms with Crippen LogP contribution >= 0.6 is 0 Å². The number of benzene rings is 3. The van der Waals surface area contributed by atoms with Crippen molar-refractivity contribution in [3.63, 3.8) is 0 Å². The lowest BCUT2D eigenvalue weighted by molar-refractivity contribution is -0.137. The van der Waals surface area contributed by atoms with Crippen LogP contribution in [0.2, 0.25) is 0 Å². The standard InChI is InChI=1S/C24H20F3NO5S/c1-14-4-2-5-17(10-14)34(31,32)28-13-16(8-9-22(29)30)33-24-20(26)11-15(12-21(24)28)18-6-3-7-19(25)23(18)27/h2-7,10-12,16H,8-9,13H2,1H3,(H,29,30)/t16-/m0/s1. The topological polar surface area (TPSA) is 83.9 Å². The SMILES string of the molecule is Cc1cccc(S(=O)(=O)N2C[C@H](CCC(=O)O)Oc3c(F)cc(-c4cccc(F)c4F)cc32)c1. The number of halogens is 3. The summed E-state index contributed by atoms with van der Waals surface area (Å²) in [6, 6.07) is 11.7. The van der Waals surface area contributed by atoms with Gasteiger partial charge in [0, 0.05) is 12.0 Å². The number of hydrogen-bond donors (Lipinski definition) is 1. The summed E-state index contributed by atoms with van der Waals surface area (Å²) in [5.41, 5.74) is 0.165. The van der Waals surface area contributed by atoms with E-state index in [9.17, 15) is 22.0 Å². The predicted octanol–water partition coefficient (Wildman–Crippen LogP) is 4.90. The number of hydrogen-bond acceptors (Lipinski definition) is 4. The van der Waals surface area contributed by atoms with Gasteiger partial charge in [0.15, 0.2) is 23.2 Å². The minimum absolute atomic E-state index is 0.0555. The second-order valence-electron chi connectivity index (χ2n) is 7.93. The van der Waals surface area contributed by atoms with E-state index in [1.165, 1.54) is 30.3 Å². The maximum atomic E-state index is 15.2. The van der Waals surface area contributed by atoms with E-state index in [1.807, 2.05) is 0 Å². The van der Waals surface area contributed by atoms with Gasteiger partial charge in [0.05, 0.1) is 17.1 Å². The van der Waals surface area contributed by atoms with Crippen molar-refractivity contribution in [1.29, 1.82) is 0 Å². The predicted molar refractivity (Wildman–Crippen MR) is 119 cm³/mol. The Morgan fingerprint density at radius 3 is 2.53 bits per heavy atom. The summed E-state index contributed by atoms with van der Waals surface area (Å²) in [4.78, 5) is 11.0. The first-order chi connectivity index (χ1) is 16.1. The van der Waals surface area contributed by atoms with E-state index in [4.69, 9.17) is 9.84 Å². The van der Waals surface area contributed by atoms with Crippen LogP contribution < -0.4 is 9.04 Å². The number of anilines is 1. The summed E-state index contributed by atoms with van der Waals surface area (Å²) >= 11 is 0. The smallest absolute Gasteiger partial charge is 0.303 e. The molecule has 1 N–H and O–H groups in total. The molecule has 3 aromatic carbocycles. The van der Waals surface area contributed by atoms with Crippen molar-refractivity contribution in [3.05, 3.63) is 77.6 Å². The fraction of sp³-hybridized carbons (Fsp3) is 0.208. The summed E-state index contributed by atoms with van der Waals surface area (Å²) in [6.07, 6.45) is -1.31. The maximum Gasteiger partial charge on any atom is 0.303 e. The first kappa shape index (κ1) is 23.6. The lowest BCUT2D eigenvalue weighted by Gasteiger charge is -2.36. The molecule has 4 rings (SSSR count). The third-order valence-corrected chi connectivity index (χ3v) is 7.24. The highest BCUT2D eigenvalue weighted by Gasteiger charge is 2.37. The summed E-state index contributed by atoms with van der Waals surface area (Å²) in [7, 11) is -4.23. The lowest BCUT2D eigenvalue weighted by atomic mass is 10.0. The van der Waals surface area contributed by atoms with E-state index in [2.05, 4.69) is 0 Å². The van der Waals surface area contributed by atoms with Crippen LogP contribution in [0.4, 0.5) is 18.9 Å². The van der Waals surface area contributed by atoms with Crippen molar-refractivity contribution in [2.24, 2.45) is 0 Å². The highest BCUT2D eigenvalue weighted by Crippen LogP contribution is 2.43. The molecule has 34 heavy (non-hydrogen) atoms. The van der Waals surface area contributed by atoms with E-state index in [0.717, 1.165) is 16.4 Å². The van der Waals surface area contributed by atoms with Crippen LogP contribution in [0.15, 0.2) is 59.5 Å². The zero-order chi connectivity index (χ0) is 24.6. The van der Waals surface area contributed by atoms with Crippen LogP contribution in [0.5, 0.6) is 5.75 Å². The Balaban J connectivity index is 1.88. The fourth-order valence-electron chi connectivity index (χ4n) is 3.82. The van der Waals surface area contributed by atoms with Gasteiger partial charge in [-0.2, -0.15) is 0 Å². The monoisotopic (exact) mass is 491 g/mol. The molecule has 0 fully saturated rings. The average Bonchev–Trinajstić information content (AvgIpc) is 2.79. The number of fused-ring (bicyclic) bond motifs is 1. The van der Waals surface area contributed by atoms with Gasteiger partial charge in [0.1, 0.15) is 6.10 Å². The van der Waals surface area contributed by atoms with Gasteiger partial charge >= 0.3 is 5.97 Å². The fourth-order valence-corrected chi connectivity index (χ4v) is 5.41. The molecule has 0 amide bonds. The first-order valence-corrected chi connectivity index (χ1v) is 11.8. The molecule has 1 aliphatic rings. The molecule has 3 aromatic rings. The second kappa shape index (κ2) is 9.02. The summed E-state index contributed by atoms with van der Waals surface area (Å²) in [5, 5.41) is 9.01. The third kappa shape index (κ3) is 4.45. The molecule has 0 saturated carbocycles. The van der Waals surface area contributed by atoms with Gasteiger partial charge in [-0.3, -0.25) is 9.10 Å². The molecule has 178 valence electrons. The highest BCUT2D eigenvalue weighted by atomic mass is 32.2. The highest BCUT2D eigenvalue weighted by molar-refractivity contribution is 7.92. The Bertz CT molecular complexity index is 1380. The molecule has 10 heteroatoms. The van der Waals surface area contributed by atoms with Crippen LogP contribution in [-0.2, 0) is 14.8 Å². The number of carboxylic acids is 1. The van der Waals surface area contributed by atoms with Crippen LogP contribution in [-0.4, -0.2) is 32.1 Å². The van der Waals surface area contributed by atoms with Gasteiger partial charge in [-0.05, 0) is 54.8 Å². The molecule has 0 radical (unpaired) electrons. The van der Waals surface area contributed by atoms with Crippen LogP contribution in [0.3, 0.4) is 0 Å². The van der Waals surface area contributed by atoms with Crippen LogP contribution in [0, 0.1) is 24.4 Å². The van der Waals surface area contributed by atoms with Crippen molar-refractivity contribution in [1.82, 2.24) is 0 Å². The zero-order valence-electron chi connectivity index (χ0n) is 18.0. The van der Waals surface area contributed by atoms with Crippen molar-refractivity contribution in [2.45, 2.75) is 30.8 Å². The van der Waals surface area contributed by atoms with E-state index in [0.29, 0.717) is 5.56 Å². The lowest BCUT2D eigenvalue weighted by Crippen LogP contribution is -2.44. The molecule has 0 bridgehead atoms. The van der Waals surface area contributed by atoms with Gasteiger partial charge in [-0.15, -0.1) is 0 Å². The van der Waals surface area contributed by atoms with E-state index in [1.54, 1.807) is 19.1 Å². The Morgan fingerprint density at radius 1 is 1.09 bits per heavy atom. The molecular weight excluding hydrogens is 471 g/mol. The van der Waals surface area contributed by atoms with E-state index >= 15 is 4.39 Å². The number of rotatable bonds is 6. The van der Waals surface area contributed by atoms with Crippen molar-refractivity contribution < 1.29 is 36.2 Å². The van der Waals surface area contributed by atoms with E-state index < -0.39 is 45.3 Å². The number of sulfonamides is 1. The molecule has 0 spiro atoms. The summed E-state index contributed by atoms with van der Waals surface area (Å²) in [5.74, 6) is -4.84. The number of nitrogens with zero attached hydrogens (tertiary/aromatic N) is 1. The molecule has 1 atom stereocenters. The first-order valence-electron chi connectivity index (χ1n) is 10.3. The third-order valence-electron chi connectivity index (χ3n) is 5.47. The number of ether oxygens (including phenoxy) is 1. The van der Waals surface area contributed by atoms with E-state index in [-0.39, 0.29) is 41.1 Å². The largest absolute Gasteiger partial charge is 0.483 e. The van der Waals surface area contributed by atoms with Crippen LogP contribution in [0.25, 0.3) is 11.1 Å². The summed E-state index contributed by atoms with van der Waals surface area (Å²) < 4.78 is 77.1. The molecule has 0 aliphatic carbocycles. The minimum Gasteiger partial charge on any atom is -0.483 e. The normalized spacial score (nSPS) is 15.5. The maximum absolute atomic E-state index is 15.2. The molecule has 0 unspecified atom stereocenters. The van der Waals surface area contributed by atoms with Crippen LogP contribution in [0.1, 0.15) is 18.4 Å². The van der Waals surface area contributed by atoms with Crippen molar-refractivity contribution >= 4 is 21.7 Å². The van der Waals surface area contributed by atoms with Gasteiger partial charge in [0.25, 0.3) is 10.0 Å². The Kier molecular flexibility index (Phi) is 6.26. The molecule has 6 nitrogen and oxygen atoms in total. The number of carboxylic acid groups (broad SMARTS) is 1. The average molecular weight is 491 g/mol. The molecular formula is C24H20F3NO5S. The van der Waals surface area contributed by atoms with Crippen molar-refractivity contribution in [2.75, 3.05) is 10.8 Å². The van der Waals surface area contributed by atoms with Crippen molar-refractivity contribution in [3.8, 4) is 16.9 Å². The molecule has 1 heterocycles. The quantitative estimate of drug-likeness (QED) is 0.530. The second-order valence-corrected chi connectivity index (χ2v) is 9.79. The van der Waals surface area contributed by atoms with Gasteiger partial charge in [0.2, 0.25) is 0 Å². The van der Waals surface area contributed by atoms with Gasteiger partial charge in [-0.1, -0.05) is 24.3 Å². The zero-order valence-corrected chi connectivity index (χ0v) is 18.8. The Labute approximate surface area is 194 Å². The Hall–Kier alpha value is -3.53. The minimum atomic E-state index is -4.23. The molecule has 0 aromatic heterocycles. The Morgan fingerprint density at radius 2 is 1.82 bits per heavy atom. The number of aliphatic carboxylic acids is 1. The number of carbonyl (C=O) groups is 1. The van der Waals surface area contributed by atoms with Gasteiger partial charge in [-0.25, -0.2) is 21.6 Å².